The number of nitrogens with zero attached hydrogens (tertiary/aromatic N) is 1. The molecule has 1 N–H and O–H groups in total. The maximum absolute atomic E-state index is 12.8. The van der Waals surface area contributed by atoms with Crippen molar-refractivity contribution in [3.63, 3.8) is 0 Å². The Kier molecular flexibility index (Phi) is 9.78. The van der Waals surface area contributed by atoms with Gasteiger partial charge in [-0.3, -0.25) is 4.79 Å². The lowest BCUT2D eigenvalue weighted by molar-refractivity contribution is -0.135. The summed E-state index contributed by atoms with van der Waals surface area (Å²) in [5.74, 6) is 1.000. The van der Waals surface area contributed by atoms with Crippen LogP contribution < -0.4 is 10.1 Å². The zero-order chi connectivity index (χ0) is 18.1. The number of halogens is 1. The second-order valence-electron chi connectivity index (χ2n) is 6.30. The van der Waals surface area contributed by atoms with Crippen molar-refractivity contribution in [1.82, 2.24) is 10.2 Å². The number of benzene rings is 2. The van der Waals surface area contributed by atoms with E-state index in [1.165, 1.54) is 5.56 Å². The highest BCUT2D eigenvalue weighted by atomic mass is 35.5. The van der Waals surface area contributed by atoms with Gasteiger partial charge < -0.3 is 15.0 Å². The molecule has 0 bridgehead atoms. The van der Waals surface area contributed by atoms with Crippen LogP contribution in [0.25, 0.3) is 0 Å². The normalized spacial score (nSPS) is 11.3. The van der Waals surface area contributed by atoms with Gasteiger partial charge in [-0.05, 0) is 36.7 Å². The highest BCUT2D eigenvalue weighted by molar-refractivity contribution is 5.85. The fourth-order valence-electron chi connectivity index (χ4n) is 2.83. The number of hydrogen-bond donors (Lipinski definition) is 1. The van der Waals surface area contributed by atoms with Crippen LogP contribution in [0, 0.1) is 5.92 Å². The van der Waals surface area contributed by atoms with Crippen LogP contribution in [0.5, 0.6) is 5.75 Å². The van der Waals surface area contributed by atoms with Gasteiger partial charge in [0.1, 0.15) is 5.75 Å². The maximum Gasteiger partial charge on any atom is 0.226 e. The van der Waals surface area contributed by atoms with Gasteiger partial charge in [0.15, 0.2) is 0 Å². The van der Waals surface area contributed by atoms with Crippen molar-refractivity contribution in [2.24, 2.45) is 5.92 Å². The molecule has 0 radical (unpaired) electrons. The summed E-state index contributed by atoms with van der Waals surface area (Å²) < 4.78 is 5.20. The zero-order valence-corrected chi connectivity index (χ0v) is 16.6. The van der Waals surface area contributed by atoms with E-state index in [1.807, 2.05) is 49.2 Å². The SMILES string of the molecule is CNCC(C)C(=O)N(CCc1ccc(OC)cc1)Cc1ccccc1.Cl. The third-order valence-electron chi connectivity index (χ3n) is 4.29. The Bertz CT molecular complexity index is 647. The molecule has 0 aliphatic rings. The monoisotopic (exact) mass is 376 g/mol. The van der Waals surface area contributed by atoms with Gasteiger partial charge in [-0.2, -0.15) is 0 Å². The molecule has 2 rings (SSSR count). The minimum Gasteiger partial charge on any atom is -0.497 e. The molecular formula is C21H29ClN2O2. The molecule has 5 heteroatoms. The fraction of sp³-hybridized carbons (Fsp3) is 0.381. The average Bonchev–Trinajstić information content (AvgIpc) is 2.66. The second kappa shape index (κ2) is 11.6. The molecule has 0 saturated heterocycles. The predicted molar refractivity (Wildman–Crippen MR) is 109 cm³/mol. The molecule has 2 aromatic rings. The van der Waals surface area contributed by atoms with Crippen molar-refractivity contribution in [1.29, 1.82) is 0 Å². The van der Waals surface area contributed by atoms with E-state index in [0.29, 0.717) is 19.6 Å². The van der Waals surface area contributed by atoms with E-state index < -0.39 is 0 Å². The molecule has 1 atom stereocenters. The van der Waals surface area contributed by atoms with Gasteiger partial charge in [-0.15, -0.1) is 12.4 Å². The summed E-state index contributed by atoms with van der Waals surface area (Å²) in [6.45, 7) is 4.01. The van der Waals surface area contributed by atoms with Gasteiger partial charge in [-0.1, -0.05) is 49.4 Å². The molecule has 0 aliphatic heterocycles. The van der Waals surface area contributed by atoms with Crippen molar-refractivity contribution in [2.75, 3.05) is 27.2 Å². The lowest BCUT2D eigenvalue weighted by Gasteiger charge is -2.26. The van der Waals surface area contributed by atoms with Crippen LogP contribution in [0.1, 0.15) is 18.1 Å². The molecule has 0 aliphatic carbocycles. The van der Waals surface area contributed by atoms with Crippen molar-refractivity contribution in [3.05, 3.63) is 65.7 Å². The van der Waals surface area contributed by atoms with E-state index in [9.17, 15) is 4.79 Å². The largest absolute Gasteiger partial charge is 0.497 e. The first-order chi connectivity index (χ1) is 12.1. The number of nitrogens with one attached hydrogen (secondary N) is 1. The van der Waals surface area contributed by atoms with E-state index in [0.717, 1.165) is 17.7 Å². The molecule has 0 fully saturated rings. The van der Waals surface area contributed by atoms with Gasteiger partial charge in [0, 0.05) is 25.6 Å². The number of carbonyl (C=O) groups is 1. The molecule has 4 nitrogen and oxygen atoms in total. The topological polar surface area (TPSA) is 41.6 Å². The third-order valence-corrected chi connectivity index (χ3v) is 4.29. The molecule has 0 aromatic heterocycles. The molecular weight excluding hydrogens is 348 g/mol. The molecule has 2 aromatic carbocycles. The van der Waals surface area contributed by atoms with Crippen LogP contribution in [0.3, 0.4) is 0 Å². The van der Waals surface area contributed by atoms with Crippen LogP contribution in [0.4, 0.5) is 0 Å². The summed E-state index contributed by atoms with van der Waals surface area (Å²) in [6.07, 6.45) is 0.828. The lowest BCUT2D eigenvalue weighted by atomic mass is 10.1. The van der Waals surface area contributed by atoms with Crippen LogP contribution in [0.15, 0.2) is 54.6 Å². The number of hydrogen-bond acceptors (Lipinski definition) is 3. The quantitative estimate of drug-likeness (QED) is 0.727. The third kappa shape index (κ3) is 6.70. The summed E-state index contributed by atoms with van der Waals surface area (Å²) >= 11 is 0. The van der Waals surface area contributed by atoms with Gasteiger partial charge in [0.05, 0.1) is 7.11 Å². The maximum atomic E-state index is 12.8. The molecule has 0 saturated carbocycles. The number of amides is 1. The second-order valence-corrected chi connectivity index (χ2v) is 6.30. The Labute approximate surface area is 163 Å². The van der Waals surface area contributed by atoms with Gasteiger partial charge in [0.25, 0.3) is 0 Å². The Morgan fingerprint density at radius 2 is 1.73 bits per heavy atom. The molecule has 1 unspecified atom stereocenters. The zero-order valence-electron chi connectivity index (χ0n) is 15.8. The van der Waals surface area contributed by atoms with Gasteiger partial charge in [0.2, 0.25) is 5.91 Å². The van der Waals surface area contributed by atoms with E-state index in [-0.39, 0.29) is 24.2 Å². The Balaban J connectivity index is 0.00000338. The van der Waals surface area contributed by atoms with Crippen LogP contribution in [-0.2, 0) is 17.8 Å². The predicted octanol–water partition coefficient (Wildman–Crippen LogP) is 3.54. The highest BCUT2D eigenvalue weighted by Gasteiger charge is 2.20. The van der Waals surface area contributed by atoms with E-state index in [2.05, 4.69) is 29.6 Å². The van der Waals surface area contributed by atoms with Crippen molar-refractivity contribution in [3.8, 4) is 5.75 Å². The fourth-order valence-corrected chi connectivity index (χ4v) is 2.83. The van der Waals surface area contributed by atoms with Crippen LogP contribution >= 0.6 is 12.4 Å². The number of ether oxygens (including phenoxy) is 1. The van der Waals surface area contributed by atoms with Crippen LogP contribution in [0.2, 0.25) is 0 Å². The minimum absolute atomic E-state index is 0. The summed E-state index contributed by atoms with van der Waals surface area (Å²) in [5.41, 5.74) is 2.36. The van der Waals surface area contributed by atoms with E-state index >= 15 is 0 Å². The van der Waals surface area contributed by atoms with Crippen molar-refractivity contribution < 1.29 is 9.53 Å². The smallest absolute Gasteiger partial charge is 0.226 e. The standard InChI is InChI=1S/C21H28N2O2.ClH/c1-17(15-22-2)21(24)23(16-19-7-5-4-6-8-19)14-13-18-9-11-20(25-3)12-10-18;/h4-12,17,22H,13-16H2,1-3H3;1H. The first-order valence-corrected chi connectivity index (χ1v) is 8.74. The molecule has 1 amide bonds. The molecule has 0 spiro atoms. The summed E-state index contributed by atoms with van der Waals surface area (Å²) in [7, 11) is 3.54. The minimum atomic E-state index is -0.0374. The number of rotatable bonds is 9. The molecule has 142 valence electrons. The Hall–Kier alpha value is -2.04. The van der Waals surface area contributed by atoms with E-state index in [4.69, 9.17) is 4.74 Å². The average molecular weight is 377 g/mol. The van der Waals surface area contributed by atoms with Gasteiger partial charge >= 0.3 is 0 Å². The Morgan fingerprint density at radius 3 is 2.31 bits per heavy atom. The van der Waals surface area contributed by atoms with Crippen molar-refractivity contribution in [2.45, 2.75) is 19.9 Å². The first-order valence-electron chi connectivity index (χ1n) is 8.74. The highest BCUT2D eigenvalue weighted by Crippen LogP contribution is 2.14. The van der Waals surface area contributed by atoms with Gasteiger partial charge in [-0.25, -0.2) is 0 Å². The molecule has 26 heavy (non-hydrogen) atoms. The van der Waals surface area contributed by atoms with E-state index in [1.54, 1.807) is 7.11 Å². The lowest BCUT2D eigenvalue weighted by Crippen LogP contribution is -2.39. The Morgan fingerprint density at radius 1 is 1.08 bits per heavy atom. The number of methoxy groups -OCH3 is 1. The summed E-state index contributed by atoms with van der Waals surface area (Å²) in [4.78, 5) is 14.8. The summed E-state index contributed by atoms with van der Waals surface area (Å²) in [6, 6.07) is 18.2. The van der Waals surface area contributed by atoms with Crippen LogP contribution in [-0.4, -0.2) is 38.1 Å². The molecule has 0 heterocycles. The number of carbonyl (C=O) groups excluding carboxylic acids is 1. The van der Waals surface area contributed by atoms with Crippen molar-refractivity contribution >= 4 is 18.3 Å². The first kappa shape index (κ1) is 22.0. The summed E-state index contributed by atoms with van der Waals surface area (Å²) in [5, 5.41) is 3.09.